The van der Waals surface area contributed by atoms with Gasteiger partial charge in [0.05, 0.1) is 13.0 Å². The third kappa shape index (κ3) is 2.81. The summed E-state index contributed by atoms with van der Waals surface area (Å²) in [6, 6.07) is 4.22. The first kappa shape index (κ1) is 10.7. The average Bonchev–Trinajstić information content (AvgIpc) is 2.10. The summed E-state index contributed by atoms with van der Waals surface area (Å²) in [5.74, 6) is -1.30. The van der Waals surface area contributed by atoms with Crippen molar-refractivity contribution >= 4 is 5.97 Å². The highest BCUT2D eigenvalue weighted by Gasteiger charge is 2.05. The molecule has 0 saturated carbocycles. The Bertz CT molecular complexity index is 336. The fraction of sp³-hybridized carbons (Fsp3) is 0.300. The molecule has 0 aliphatic rings. The van der Waals surface area contributed by atoms with E-state index in [0.29, 0.717) is 11.1 Å². The quantitative estimate of drug-likeness (QED) is 0.799. The van der Waals surface area contributed by atoms with Crippen molar-refractivity contribution in [1.29, 1.82) is 0 Å². The number of ether oxygens (including phenoxy) is 1. The molecule has 1 rings (SSSR count). The van der Waals surface area contributed by atoms with Crippen LogP contribution < -0.4 is 0 Å². The van der Waals surface area contributed by atoms with Crippen LogP contribution in [-0.2, 0) is 22.6 Å². The van der Waals surface area contributed by atoms with Gasteiger partial charge in [0.25, 0.3) is 0 Å². The van der Waals surface area contributed by atoms with Gasteiger partial charge >= 0.3 is 5.97 Å². The number of methoxy groups -OCH3 is 1. The zero-order valence-corrected chi connectivity index (χ0v) is 7.79. The van der Waals surface area contributed by atoms with Crippen LogP contribution in [0.25, 0.3) is 0 Å². The molecule has 0 atom stereocenters. The summed E-state index contributed by atoms with van der Waals surface area (Å²) in [4.78, 5) is 10.4. The van der Waals surface area contributed by atoms with Crippen molar-refractivity contribution < 1.29 is 19.0 Å². The third-order valence-electron chi connectivity index (χ3n) is 1.77. The molecule has 0 amide bonds. The van der Waals surface area contributed by atoms with Crippen LogP contribution in [0.15, 0.2) is 18.2 Å². The van der Waals surface area contributed by atoms with Gasteiger partial charge in [-0.3, -0.25) is 4.79 Å². The lowest BCUT2D eigenvalue weighted by atomic mass is 10.1. The largest absolute Gasteiger partial charge is 0.481 e. The van der Waals surface area contributed by atoms with Crippen LogP contribution in [0, 0.1) is 5.82 Å². The Hall–Kier alpha value is -1.42. The highest BCUT2D eigenvalue weighted by molar-refractivity contribution is 5.70. The third-order valence-corrected chi connectivity index (χ3v) is 1.77. The second kappa shape index (κ2) is 4.72. The van der Waals surface area contributed by atoms with Gasteiger partial charge < -0.3 is 9.84 Å². The minimum atomic E-state index is -0.931. The van der Waals surface area contributed by atoms with Gasteiger partial charge in [-0.15, -0.1) is 0 Å². The molecule has 1 N–H and O–H groups in total. The molecule has 0 spiro atoms. The zero-order valence-electron chi connectivity index (χ0n) is 7.79. The molecule has 0 aromatic heterocycles. The number of carbonyl (C=O) groups is 1. The van der Waals surface area contributed by atoms with E-state index < -0.39 is 5.97 Å². The number of carboxylic acid groups (broad SMARTS) is 1. The Morgan fingerprint density at radius 3 is 2.86 bits per heavy atom. The maximum absolute atomic E-state index is 13.1. The van der Waals surface area contributed by atoms with E-state index in [1.807, 2.05) is 0 Å². The summed E-state index contributed by atoms with van der Waals surface area (Å²) in [5, 5.41) is 8.53. The summed E-state index contributed by atoms with van der Waals surface area (Å²) >= 11 is 0. The number of halogens is 1. The lowest BCUT2D eigenvalue weighted by Gasteiger charge is -2.04. The predicted molar refractivity (Wildman–Crippen MR) is 48.5 cm³/mol. The standard InChI is InChI=1S/C10H11FO3/c1-14-6-8-4-7(5-10(12)13)2-3-9(8)11/h2-4H,5-6H2,1H3,(H,12,13). The first-order valence-electron chi connectivity index (χ1n) is 4.11. The van der Waals surface area contributed by atoms with Crippen LogP contribution >= 0.6 is 0 Å². The molecular formula is C10H11FO3. The second-order valence-corrected chi connectivity index (χ2v) is 2.93. The molecule has 0 bridgehead atoms. The lowest BCUT2D eigenvalue weighted by molar-refractivity contribution is -0.136. The average molecular weight is 198 g/mol. The molecule has 1 aromatic carbocycles. The fourth-order valence-corrected chi connectivity index (χ4v) is 1.18. The number of hydrogen-bond acceptors (Lipinski definition) is 2. The molecule has 0 aliphatic carbocycles. The van der Waals surface area contributed by atoms with Crippen LogP contribution in [0.5, 0.6) is 0 Å². The Kier molecular flexibility index (Phi) is 3.59. The molecule has 4 heteroatoms. The molecular weight excluding hydrogens is 187 g/mol. The van der Waals surface area contributed by atoms with Crippen molar-refractivity contribution in [3.05, 3.63) is 35.1 Å². The number of benzene rings is 1. The number of rotatable bonds is 4. The highest BCUT2D eigenvalue weighted by atomic mass is 19.1. The summed E-state index contributed by atoms with van der Waals surface area (Å²) in [7, 11) is 1.46. The lowest BCUT2D eigenvalue weighted by Crippen LogP contribution is -2.02. The molecule has 0 unspecified atom stereocenters. The number of carboxylic acids is 1. The van der Waals surface area contributed by atoms with Crippen LogP contribution in [0.1, 0.15) is 11.1 Å². The molecule has 1 aromatic rings. The zero-order chi connectivity index (χ0) is 10.6. The van der Waals surface area contributed by atoms with E-state index in [-0.39, 0.29) is 18.8 Å². The molecule has 76 valence electrons. The molecule has 0 heterocycles. The first-order valence-corrected chi connectivity index (χ1v) is 4.11. The molecule has 14 heavy (non-hydrogen) atoms. The van der Waals surface area contributed by atoms with Crippen molar-refractivity contribution in [2.45, 2.75) is 13.0 Å². The monoisotopic (exact) mass is 198 g/mol. The van der Waals surface area contributed by atoms with Gasteiger partial charge in [0.2, 0.25) is 0 Å². The molecule has 0 saturated heterocycles. The van der Waals surface area contributed by atoms with E-state index in [9.17, 15) is 9.18 Å². The van der Waals surface area contributed by atoms with Crippen molar-refractivity contribution in [3.8, 4) is 0 Å². The predicted octanol–water partition coefficient (Wildman–Crippen LogP) is 1.60. The van der Waals surface area contributed by atoms with Gasteiger partial charge in [-0.2, -0.15) is 0 Å². The van der Waals surface area contributed by atoms with Gasteiger partial charge in [-0.05, 0) is 17.7 Å². The number of hydrogen-bond donors (Lipinski definition) is 1. The van der Waals surface area contributed by atoms with Crippen molar-refractivity contribution in [3.63, 3.8) is 0 Å². The van der Waals surface area contributed by atoms with Crippen LogP contribution in [0.3, 0.4) is 0 Å². The Morgan fingerprint density at radius 2 is 2.29 bits per heavy atom. The summed E-state index contributed by atoms with van der Waals surface area (Å²) in [5.41, 5.74) is 0.956. The normalized spacial score (nSPS) is 10.1. The van der Waals surface area contributed by atoms with Gasteiger partial charge in [-0.25, -0.2) is 4.39 Å². The summed E-state index contributed by atoms with van der Waals surface area (Å²) < 4.78 is 17.8. The minimum absolute atomic E-state index is 0.100. The second-order valence-electron chi connectivity index (χ2n) is 2.93. The van der Waals surface area contributed by atoms with Crippen LogP contribution in [0.4, 0.5) is 4.39 Å². The van der Waals surface area contributed by atoms with Gasteiger partial charge in [0, 0.05) is 12.7 Å². The Morgan fingerprint density at radius 1 is 1.57 bits per heavy atom. The molecule has 0 aliphatic heterocycles. The molecule has 0 radical (unpaired) electrons. The van der Waals surface area contributed by atoms with E-state index in [0.717, 1.165) is 0 Å². The van der Waals surface area contributed by atoms with Crippen molar-refractivity contribution in [1.82, 2.24) is 0 Å². The Labute approximate surface area is 81.1 Å². The van der Waals surface area contributed by atoms with Gasteiger partial charge in [-0.1, -0.05) is 6.07 Å². The SMILES string of the molecule is COCc1cc(CC(=O)O)ccc1F. The summed E-state index contributed by atoms with van der Waals surface area (Å²) in [6.45, 7) is 0.152. The van der Waals surface area contributed by atoms with Crippen LogP contribution in [-0.4, -0.2) is 18.2 Å². The highest BCUT2D eigenvalue weighted by Crippen LogP contribution is 2.12. The van der Waals surface area contributed by atoms with E-state index in [2.05, 4.69) is 0 Å². The maximum Gasteiger partial charge on any atom is 0.307 e. The minimum Gasteiger partial charge on any atom is -0.481 e. The molecule has 0 fully saturated rings. The van der Waals surface area contributed by atoms with Crippen molar-refractivity contribution in [2.75, 3.05) is 7.11 Å². The molecule has 3 nitrogen and oxygen atoms in total. The number of aliphatic carboxylic acids is 1. The Balaban J connectivity index is 2.88. The fourth-order valence-electron chi connectivity index (χ4n) is 1.18. The first-order chi connectivity index (χ1) is 6.63. The van der Waals surface area contributed by atoms with Crippen molar-refractivity contribution in [2.24, 2.45) is 0 Å². The van der Waals surface area contributed by atoms with Gasteiger partial charge in [0.15, 0.2) is 0 Å². The topological polar surface area (TPSA) is 46.5 Å². The van der Waals surface area contributed by atoms with E-state index in [1.54, 1.807) is 0 Å². The summed E-state index contributed by atoms with van der Waals surface area (Å²) in [6.07, 6.45) is -0.100. The van der Waals surface area contributed by atoms with E-state index >= 15 is 0 Å². The maximum atomic E-state index is 13.1. The van der Waals surface area contributed by atoms with E-state index in [1.165, 1.54) is 25.3 Å². The van der Waals surface area contributed by atoms with Crippen LogP contribution in [0.2, 0.25) is 0 Å². The smallest absolute Gasteiger partial charge is 0.307 e. The van der Waals surface area contributed by atoms with Gasteiger partial charge in [0.1, 0.15) is 5.82 Å². The van der Waals surface area contributed by atoms with E-state index in [4.69, 9.17) is 9.84 Å².